The highest BCUT2D eigenvalue weighted by Crippen LogP contribution is 2.17. The molecule has 0 heterocycles. The molecule has 0 aliphatic carbocycles. The van der Waals surface area contributed by atoms with Gasteiger partial charge in [0.25, 0.3) is 0 Å². The number of carbonyl (C=O) groups is 1. The Morgan fingerprint density at radius 2 is 2.00 bits per heavy atom. The van der Waals surface area contributed by atoms with Crippen LogP contribution in [0.2, 0.25) is 0 Å². The first kappa shape index (κ1) is 15.5. The molecule has 0 saturated carbocycles. The van der Waals surface area contributed by atoms with E-state index in [-0.39, 0.29) is 11.5 Å². The highest BCUT2D eigenvalue weighted by Gasteiger charge is 2.21. The summed E-state index contributed by atoms with van der Waals surface area (Å²) in [4.78, 5) is 13.7. The summed E-state index contributed by atoms with van der Waals surface area (Å²) in [6, 6.07) is 7.07. The van der Waals surface area contributed by atoms with Gasteiger partial charge in [-0.25, -0.2) is 4.79 Å². The van der Waals surface area contributed by atoms with Gasteiger partial charge in [-0.1, -0.05) is 6.07 Å². The first-order chi connectivity index (χ1) is 8.86. The van der Waals surface area contributed by atoms with E-state index in [4.69, 9.17) is 9.47 Å². The maximum Gasteiger partial charge on any atom is 0.338 e. The van der Waals surface area contributed by atoms with Gasteiger partial charge in [-0.3, -0.25) is 0 Å². The molecule has 0 aliphatic heterocycles. The average molecular weight is 265 g/mol. The molecule has 106 valence electrons. The lowest BCUT2D eigenvalue weighted by molar-refractivity contribution is 0.0525. The van der Waals surface area contributed by atoms with E-state index in [1.807, 2.05) is 20.2 Å². The van der Waals surface area contributed by atoms with Crippen molar-refractivity contribution in [1.82, 2.24) is 4.90 Å². The molecule has 0 N–H and O–H groups in total. The van der Waals surface area contributed by atoms with Gasteiger partial charge in [0, 0.05) is 5.54 Å². The molecule has 0 radical (unpaired) electrons. The summed E-state index contributed by atoms with van der Waals surface area (Å²) in [7, 11) is 4.02. The van der Waals surface area contributed by atoms with Gasteiger partial charge in [-0.15, -0.1) is 0 Å². The number of esters is 1. The standard InChI is InChI=1S/C15H23NO3/c1-6-18-14(17)12-8-7-9-13(10-12)19-11-15(2,3)16(4)5/h7-10H,6,11H2,1-5H3. The average Bonchev–Trinajstić information content (AvgIpc) is 2.37. The summed E-state index contributed by atoms with van der Waals surface area (Å²) >= 11 is 0. The second-order valence-electron chi connectivity index (χ2n) is 5.24. The van der Waals surface area contributed by atoms with Crippen LogP contribution in [0.4, 0.5) is 0 Å². The van der Waals surface area contributed by atoms with Crippen LogP contribution in [-0.2, 0) is 4.74 Å². The Bertz CT molecular complexity index is 427. The smallest absolute Gasteiger partial charge is 0.338 e. The Labute approximate surface area is 115 Å². The van der Waals surface area contributed by atoms with E-state index in [1.165, 1.54) is 0 Å². The molecule has 0 saturated heterocycles. The summed E-state index contributed by atoms with van der Waals surface area (Å²) in [5.74, 6) is 0.361. The van der Waals surface area contributed by atoms with E-state index in [9.17, 15) is 4.79 Å². The van der Waals surface area contributed by atoms with Crippen LogP contribution in [0.25, 0.3) is 0 Å². The Balaban J connectivity index is 2.70. The molecule has 0 spiro atoms. The Kier molecular flexibility index (Phi) is 5.36. The number of benzene rings is 1. The van der Waals surface area contributed by atoms with E-state index in [0.717, 1.165) is 0 Å². The molecule has 0 aliphatic rings. The summed E-state index contributed by atoms with van der Waals surface area (Å²) in [5, 5.41) is 0. The van der Waals surface area contributed by atoms with Crippen molar-refractivity contribution in [1.29, 1.82) is 0 Å². The number of carbonyl (C=O) groups excluding carboxylic acids is 1. The molecule has 4 nitrogen and oxygen atoms in total. The summed E-state index contributed by atoms with van der Waals surface area (Å²) in [6.45, 7) is 6.91. The van der Waals surface area contributed by atoms with E-state index in [1.54, 1.807) is 25.1 Å². The topological polar surface area (TPSA) is 38.8 Å². The van der Waals surface area contributed by atoms with Crippen molar-refractivity contribution in [2.75, 3.05) is 27.3 Å². The van der Waals surface area contributed by atoms with Gasteiger partial charge in [0.2, 0.25) is 0 Å². The zero-order valence-electron chi connectivity index (χ0n) is 12.4. The van der Waals surface area contributed by atoms with Crippen LogP contribution in [0, 0.1) is 0 Å². The third-order valence-corrected chi connectivity index (χ3v) is 3.15. The summed E-state index contributed by atoms with van der Waals surface area (Å²) < 4.78 is 10.7. The minimum absolute atomic E-state index is 0.0695. The van der Waals surface area contributed by atoms with Crippen molar-refractivity contribution in [3.8, 4) is 5.75 Å². The highest BCUT2D eigenvalue weighted by atomic mass is 16.5. The van der Waals surface area contributed by atoms with Crippen LogP contribution in [0.15, 0.2) is 24.3 Å². The van der Waals surface area contributed by atoms with Gasteiger partial charge in [0.15, 0.2) is 0 Å². The number of ether oxygens (including phenoxy) is 2. The van der Waals surface area contributed by atoms with Crippen LogP contribution >= 0.6 is 0 Å². The number of hydrogen-bond acceptors (Lipinski definition) is 4. The maximum atomic E-state index is 11.6. The number of nitrogens with zero attached hydrogens (tertiary/aromatic N) is 1. The molecule has 1 aromatic carbocycles. The zero-order chi connectivity index (χ0) is 14.5. The largest absolute Gasteiger partial charge is 0.492 e. The van der Waals surface area contributed by atoms with Crippen molar-refractivity contribution >= 4 is 5.97 Å². The third-order valence-electron chi connectivity index (χ3n) is 3.15. The zero-order valence-corrected chi connectivity index (χ0v) is 12.4. The van der Waals surface area contributed by atoms with E-state index in [2.05, 4.69) is 18.7 Å². The molecule has 0 atom stereocenters. The second kappa shape index (κ2) is 6.57. The molecule has 0 fully saturated rings. The molecule has 19 heavy (non-hydrogen) atoms. The minimum Gasteiger partial charge on any atom is -0.492 e. The fraction of sp³-hybridized carbons (Fsp3) is 0.533. The van der Waals surface area contributed by atoms with Crippen LogP contribution in [0.5, 0.6) is 5.75 Å². The Morgan fingerprint density at radius 3 is 2.58 bits per heavy atom. The van der Waals surface area contributed by atoms with Crippen molar-refractivity contribution < 1.29 is 14.3 Å². The maximum absolute atomic E-state index is 11.6. The van der Waals surface area contributed by atoms with Crippen molar-refractivity contribution in [2.45, 2.75) is 26.3 Å². The Morgan fingerprint density at radius 1 is 1.32 bits per heavy atom. The lowest BCUT2D eigenvalue weighted by Crippen LogP contribution is -2.43. The van der Waals surface area contributed by atoms with Gasteiger partial charge in [-0.2, -0.15) is 0 Å². The normalized spacial score (nSPS) is 11.5. The second-order valence-corrected chi connectivity index (χ2v) is 5.24. The van der Waals surface area contributed by atoms with Gasteiger partial charge in [0.1, 0.15) is 12.4 Å². The predicted molar refractivity (Wildman–Crippen MR) is 75.7 cm³/mol. The summed E-state index contributed by atoms with van der Waals surface area (Å²) in [5.41, 5.74) is 0.446. The lowest BCUT2D eigenvalue weighted by atomic mass is 10.1. The van der Waals surface area contributed by atoms with E-state index < -0.39 is 0 Å². The Hall–Kier alpha value is -1.55. The van der Waals surface area contributed by atoms with Crippen molar-refractivity contribution in [2.24, 2.45) is 0 Å². The lowest BCUT2D eigenvalue weighted by Gasteiger charge is -2.32. The third kappa shape index (κ3) is 4.56. The molecule has 4 heteroatoms. The first-order valence-corrected chi connectivity index (χ1v) is 6.44. The first-order valence-electron chi connectivity index (χ1n) is 6.44. The van der Waals surface area contributed by atoms with E-state index in [0.29, 0.717) is 24.5 Å². The molecular formula is C15H23NO3. The molecule has 0 unspecified atom stereocenters. The number of hydrogen-bond donors (Lipinski definition) is 0. The quantitative estimate of drug-likeness (QED) is 0.741. The van der Waals surface area contributed by atoms with Crippen LogP contribution < -0.4 is 4.74 Å². The molecular weight excluding hydrogens is 242 g/mol. The molecule has 0 bridgehead atoms. The van der Waals surface area contributed by atoms with Gasteiger partial charge >= 0.3 is 5.97 Å². The van der Waals surface area contributed by atoms with Gasteiger partial charge < -0.3 is 14.4 Å². The molecule has 1 rings (SSSR count). The minimum atomic E-state index is -0.320. The fourth-order valence-electron chi connectivity index (χ4n) is 1.32. The van der Waals surface area contributed by atoms with Gasteiger partial charge in [-0.05, 0) is 53.1 Å². The van der Waals surface area contributed by atoms with Crippen LogP contribution in [-0.4, -0.2) is 43.7 Å². The van der Waals surface area contributed by atoms with Crippen LogP contribution in [0.3, 0.4) is 0 Å². The number of likely N-dealkylation sites (N-methyl/N-ethyl adjacent to an activating group) is 1. The van der Waals surface area contributed by atoms with E-state index >= 15 is 0 Å². The van der Waals surface area contributed by atoms with Crippen molar-refractivity contribution in [3.05, 3.63) is 29.8 Å². The summed E-state index contributed by atoms with van der Waals surface area (Å²) in [6.07, 6.45) is 0. The monoisotopic (exact) mass is 265 g/mol. The SMILES string of the molecule is CCOC(=O)c1cccc(OCC(C)(C)N(C)C)c1. The van der Waals surface area contributed by atoms with Crippen molar-refractivity contribution in [3.63, 3.8) is 0 Å². The fourth-order valence-corrected chi connectivity index (χ4v) is 1.32. The molecule has 0 amide bonds. The molecule has 0 aromatic heterocycles. The predicted octanol–water partition coefficient (Wildman–Crippen LogP) is 2.58. The molecule has 1 aromatic rings. The van der Waals surface area contributed by atoms with Gasteiger partial charge in [0.05, 0.1) is 12.2 Å². The number of rotatable bonds is 6. The van der Waals surface area contributed by atoms with Crippen LogP contribution in [0.1, 0.15) is 31.1 Å². The highest BCUT2D eigenvalue weighted by molar-refractivity contribution is 5.89.